The standard InChI is InChI=1S/C27H27N3O4S/c1-15-6-4-7-16(2)26(15)30-23(33)14-35-27-18(13-28)24(17-10-11-20(31)22(12-17)34-3)25-19(29-27)8-5-9-21(25)32/h4,6-7,10-12,24,29,31H,5,8-9,14H2,1-3H3,(H,30,33)/t24-/m0/s1. The van der Waals surface area contributed by atoms with Crippen LogP contribution in [-0.4, -0.2) is 29.7 Å². The molecule has 3 N–H and O–H groups in total. The predicted molar refractivity (Wildman–Crippen MR) is 136 cm³/mol. The minimum Gasteiger partial charge on any atom is -0.504 e. The lowest BCUT2D eigenvalue weighted by atomic mass is 9.77. The lowest BCUT2D eigenvalue weighted by Gasteiger charge is -2.33. The quantitative estimate of drug-likeness (QED) is 0.533. The van der Waals surface area contributed by atoms with E-state index in [1.165, 1.54) is 24.9 Å². The number of ketones is 1. The number of Topliss-reactive ketones (excluding diaryl/α,β-unsaturated/α-hetero) is 1. The molecule has 4 rings (SSSR count). The summed E-state index contributed by atoms with van der Waals surface area (Å²) in [4.78, 5) is 25.7. The largest absolute Gasteiger partial charge is 0.504 e. The molecule has 0 unspecified atom stereocenters. The molecule has 35 heavy (non-hydrogen) atoms. The van der Waals surface area contributed by atoms with Gasteiger partial charge < -0.3 is 20.5 Å². The monoisotopic (exact) mass is 489 g/mol. The van der Waals surface area contributed by atoms with Gasteiger partial charge in [-0.2, -0.15) is 5.26 Å². The van der Waals surface area contributed by atoms with Crippen LogP contribution < -0.4 is 15.4 Å². The number of para-hydroxylation sites is 1. The first kappa shape index (κ1) is 24.4. The second kappa shape index (κ2) is 10.3. The molecular weight excluding hydrogens is 462 g/mol. The SMILES string of the molecule is COc1cc([C@H]2C(C#N)=C(SCC(=O)Nc3c(C)cccc3C)NC3=C2C(=O)CCC3)ccc1O. The fourth-order valence-electron chi connectivity index (χ4n) is 4.57. The Morgan fingerprint density at radius 1 is 1.26 bits per heavy atom. The molecule has 0 saturated carbocycles. The van der Waals surface area contributed by atoms with Crippen LogP contribution in [0.15, 0.2) is 58.3 Å². The molecule has 1 amide bonds. The van der Waals surface area contributed by atoms with Crippen molar-refractivity contribution in [2.24, 2.45) is 0 Å². The summed E-state index contributed by atoms with van der Waals surface area (Å²) in [7, 11) is 1.45. The van der Waals surface area contributed by atoms with Crippen LogP contribution in [0.5, 0.6) is 11.5 Å². The Morgan fingerprint density at radius 2 is 2.00 bits per heavy atom. The molecule has 8 heteroatoms. The number of benzene rings is 2. The maximum absolute atomic E-state index is 13.0. The van der Waals surface area contributed by atoms with E-state index in [1.54, 1.807) is 12.1 Å². The van der Waals surface area contributed by atoms with Gasteiger partial charge in [-0.1, -0.05) is 36.0 Å². The van der Waals surface area contributed by atoms with Gasteiger partial charge in [0, 0.05) is 23.4 Å². The third-order valence-corrected chi connectivity index (χ3v) is 7.31. The number of hydrogen-bond acceptors (Lipinski definition) is 7. The number of rotatable bonds is 6. The number of amides is 1. The van der Waals surface area contributed by atoms with Crippen molar-refractivity contribution in [3.05, 3.63) is 75.0 Å². The summed E-state index contributed by atoms with van der Waals surface area (Å²) in [6.07, 6.45) is 1.83. The third kappa shape index (κ3) is 4.91. The molecule has 0 saturated heterocycles. The number of phenols is 1. The van der Waals surface area contributed by atoms with Gasteiger partial charge in [0.15, 0.2) is 17.3 Å². The number of carbonyl (C=O) groups is 2. The van der Waals surface area contributed by atoms with Crippen molar-refractivity contribution < 1.29 is 19.4 Å². The molecule has 1 atom stereocenters. The first-order chi connectivity index (χ1) is 16.8. The van der Waals surface area contributed by atoms with Gasteiger partial charge in [-0.3, -0.25) is 9.59 Å². The molecule has 0 spiro atoms. The van der Waals surface area contributed by atoms with Crippen molar-refractivity contribution in [1.82, 2.24) is 5.32 Å². The molecule has 1 aliphatic carbocycles. The summed E-state index contributed by atoms with van der Waals surface area (Å²) in [6, 6.07) is 13.0. The highest BCUT2D eigenvalue weighted by molar-refractivity contribution is 8.03. The number of nitriles is 1. The van der Waals surface area contributed by atoms with Crippen LogP contribution in [-0.2, 0) is 9.59 Å². The number of hydrogen-bond donors (Lipinski definition) is 3. The smallest absolute Gasteiger partial charge is 0.234 e. The van der Waals surface area contributed by atoms with Crippen molar-refractivity contribution in [3.63, 3.8) is 0 Å². The number of aryl methyl sites for hydroxylation is 2. The topological polar surface area (TPSA) is 111 Å². The molecule has 1 aliphatic heterocycles. The number of anilines is 1. The van der Waals surface area contributed by atoms with E-state index < -0.39 is 5.92 Å². The van der Waals surface area contributed by atoms with Crippen LogP contribution in [0.4, 0.5) is 5.69 Å². The van der Waals surface area contributed by atoms with Gasteiger partial charge in [-0.25, -0.2) is 0 Å². The first-order valence-electron chi connectivity index (χ1n) is 11.4. The average Bonchev–Trinajstić information content (AvgIpc) is 2.84. The van der Waals surface area contributed by atoms with E-state index >= 15 is 0 Å². The number of allylic oxidation sites excluding steroid dienone is 3. The molecule has 0 aromatic heterocycles. The van der Waals surface area contributed by atoms with Gasteiger partial charge in [-0.15, -0.1) is 0 Å². The van der Waals surface area contributed by atoms with Gasteiger partial charge in [0.2, 0.25) is 5.91 Å². The Balaban J connectivity index is 1.66. The Hall–Kier alpha value is -3.70. The van der Waals surface area contributed by atoms with E-state index in [0.29, 0.717) is 34.6 Å². The lowest BCUT2D eigenvalue weighted by molar-refractivity contribution is -0.116. The molecule has 0 fully saturated rings. The van der Waals surface area contributed by atoms with Crippen molar-refractivity contribution >= 4 is 29.1 Å². The van der Waals surface area contributed by atoms with Crippen molar-refractivity contribution in [3.8, 4) is 17.6 Å². The van der Waals surface area contributed by atoms with Crippen LogP contribution in [0, 0.1) is 25.2 Å². The fourth-order valence-corrected chi connectivity index (χ4v) is 5.43. The van der Waals surface area contributed by atoms with E-state index in [0.717, 1.165) is 28.9 Å². The Bertz CT molecular complexity index is 1290. The average molecular weight is 490 g/mol. The van der Waals surface area contributed by atoms with E-state index in [1.807, 2.05) is 32.0 Å². The molecule has 0 radical (unpaired) electrons. The third-order valence-electron chi connectivity index (χ3n) is 6.29. The Morgan fingerprint density at radius 3 is 2.69 bits per heavy atom. The summed E-state index contributed by atoms with van der Waals surface area (Å²) < 4.78 is 5.27. The highest BCUT2D eigenvalue weighted by Crippen LogP contribution is 2.45. The zero-order valence-corrected chi connectivity index (χ0v) is 20.7. The summed E-state index contributed by atoms with van der Waals surface area (Å²) in [5.74, 6) is -0.423. The number of aromatic hydroxyl groups is 1. The molecular formula is C27H27N3O4S. The predicted octanol–water partition coefficient (Wildman–Crippen LogP) is 4.82. The van der Waals surface area contributed by atoms with Gasteiger partial charge in [0.1, 0.15) is 0 Å². The van der Waals surface area contributed by atoms with Crippen LogP contribution in [0.1, 0.15) is 41.9 Å². The first-order valence-corrected chi connectivity index (χ1v) is 12.4. The minimum absolute atomic E-state index is 0.000336. The second-order valence-corrected chi connectivity index (χ2v) is 9.60. The number of nitrogens with zero attached hydrogens (tertiary/aromatic N) is 1. The van der Waals surface area contributed by atoms with Crippen LogP contribution in [0.25, 0.3) is 0 Å². The van der Waals surface area contributed by atoms with Crippen LogP contribution in [0.3, 0.4) is 0 Å². The maximum atomic E-state index is 13.0. The normalized spacial score (nSPS) is 17.4. The van der Waals surface area contributed by atoms with Crippen LogP contribution in [0.2, 0.25) is 0 Å². The number of methoxy groups -OCH3 is 1. The maximum Gasteiger partial charge on any atom is 0.234 e. The van der Waals surface area contributed by atoms with Crippen molar-refractivity contribution in [2.75, 3.05) is 18.2 Å². The van der Waals surface area contributed by atoms with Crippen LogP contribution >= 0.6 is 11.8 Å². The highest BCUT2D eigenvalue weighted by Gasteiger charge is 2.37. The molecule has 0 bridgehead atoms. The van der Waals surface area contributed by atoms with Gasteiger partial charge in [-0.05, 0) is 55.5 Å². The number of nitrogens with one attached hydrogen (secondary N) is 2. The fraction of sp³-hybridized carbons (Fsp3) is 0.296. The van der Waals surface area contributed by atoms with E-state index in [2.05, 4.69) is 16.7 Å². The van der Waals surface area contributed by atoms with Gasteiger partial charge in [0.05, 0.1) is 35.5 Å². The number of thioether (sulfide) groups is 1. The zero-order chi connectivity index (χ0) is 25.1. The zero-order valence-electron chi connectivity index (χ0n) is 19.9. The highest BCUT2D eigenvalue weighted by atomic mass is 32.2. The summed E-state index contributed by atoms with van der Waals surface area (Å²) in [5, 5.41) is 27.0. The van der Waals surface area contributed by atoms with Gasteiger partial charge in [0.25, 0.3) is 0 Å². The number of ether oxygens (including phenoxy) is 1. The van der Waals surface area contributed by atoms with E-state index in [-0.39, 0.29) is 28.9 Å². The Kier molecular flexibility index (Phi) is 7.17. The van der Waals surface area contributed by atoms with E-state index in [9.17, 15) is 20.0 Å². The summed E-state index contributed by atoms with van der Waals surface area (Å²) >= 11 is 1.25. The van der Waals surface area contributed by atoms with E-state index in [4.69, 9.17) is 4.74 Å². The summed E-state index contributed by atoms with van der Waals surface area (Å²) in [6.45, 7) is 3.89. The minimum atomic E-state index is -0.595. The molecule has 1 heterocycles. The molecule has 2 aromatic carbocycles. The second-order valence-electron chi connectivity index (χ2n) is 8.62. The van der Waals surface area contributed by atoms with Crippen molar-refractivity contribution in [2.45, 2.75) is 39.0 Å². The molecule has 180 valence electrons. The molecule has 2 aromatic rings. The number of phenolic OH excluding ortho intramolecular Hbond substituents is 1. The molecule has 2 aliphatic rings. The van der Waals surface area contributed by atoms with Gasteiger partial charge >= 0.3 is 0 Å². The number of carbonyl (C=O) groups excluding carboxylic acids is 2. The lowest BCUT2D eigenvalue weighted by Crippen LogP contribution is -2.31. The molecule has 7 nitrogen and oxygen atoms in total. The number of dihydropyridines is 1. The van der Waals surface area contributed by atoms with Crippen molar-refractivity contribution in [1.29, 1.82) is 5.26 Å². The summed E-state index contributed by atoms with van der Waals surface area (Å²) in [5.41, 5.74) is 5.16. The Labute approximate surface area is 208 Å².